The van der Waals surface area contributed by atoms with E-state index in [0.29, 0.717) is 15.7 Å². The van der Waals surface area contributed by atoms with E-state index in [-0.39, 0.29) is 5.97 Å². The first-order valence-corrected chi connectivity index (χ1v) is 9.63. The quantitative estimate of drug-likeness (QED) is 0.426. The van der Waals surface area contributed by atoms with Crippen molar-refractivity contribution in [3.8, 4) is 11.1 Å². The van der Waals surface area contributed by atoms with Crippen LogP contribution in [0.4, 0.5) is 5.00 Å². The van der Waals surface area contributed by atoms with Crippen LogP contribution in [0.1, 0.15) is 21.7 Å². The van der Waals surface area contributed by atoms with Crippen molar-refractivity contribution < 1.29 is 9.53 Å². The van der Waals surface area contributed by atoms with Gasteiger partial charge in [-0.05, 0) is 51.8 Å². The predicted octanol–water partition coefficient (Wildman–Crippen LogP) is 3.75. The molecule has 5 nitrogen and oxygen atoms in total. The van der Waals surface area contributed by atoms with Crippen molar-refractivity contribution in [2.45, 2.75) is 13.3 Å². The molecule has 0 aliphatic heterocycles. The lowest BCUT2D eigenvalue weighted by molar-refractivity contribution is 0.0603. The van der Waals surface area contributed by atoms with Crippen LogP contribution in [-0.4, -0.2) is 50.3 Å². The summed E-state index contributed by atoms with van der Waals surface area (Å²) in [5.74, 6) is -0.369. The van der Waals surface area contributed by atoms with Gasteiger partial charge in [0.25, 0.3) is 0 Å². The lowest BCUT2D eigenvalue weighted by Crippen LogP contribution is -2.31. The highest BCUT2D eigenvalue weighted by Crippen LogP contribution is 2.40. The minimum Gasteiger partial charge on any atom is -0.465 e. The van der Waals surface area contributed by atoms with Crippen LogP contribution in [0.3, 0.4) is 0 Å². The number of anilines is 1. The third kappa shape index (κ3) is 5.27. The molecular weight excluding hydrogens is 366 g/mol. The molecule has 0 saturated carbocycles. The van der Waals surface area contributed by atoms with E-state index < -0.39 is 0 Å². The summed E-state index contributed by atoms with van der Waals surface area (Å²) in [6.07, 6.45) is 0.984. The van der Waals surface area contributed by atoms with Gasteiger partial charge in [0.05, 0.1) is 7.11 Å². The van der Waals surface area contributed by atoms with E-state index in [1.807, 2.05) is 51.4 Å². The number of nitrogens with zero attached hydrogens (tertiary/aromatic N) is 1. The third-order valence-corrected chi connectivity index (χ3v) is 5.10. The van der Waals surface area contributed by atoms with Gasteiger partial charge in [0.1, 0.15) is 10.6 Å². The average molecular weight is 392 g/mol. The smallest absolute Gasteiger partial charge is 0.341 e. The number of carbonyl (C=O) groups excluding carboxylic acids is 1. The van der Waals surface area contributed by atoms with E-state index in [0.717, 1.165) is 35.5 Å². The molecule has 0 spiro atoms. The molecule has 2 aromatic rings. The second-order valence-corrected chi connectivity index (χ2v) is 7.77. The molecule has 0 aliphatic rings. The summed E-state index contributed by atoms with van der Waals surface area (Å²) >= 11 is 6.89. The zero-order valence-corrected chi connectivity index (χ0v) is 17.2. The fourth-order valence-electron chi connectivity index (χ4n) is 2.63. The van der Waals surface area contributed by atoms with Crippen LogP contribution in [0.5, 0.6) is 0 Å². The molecule has 0 atom stereocenters. The Hall–Kier alpha value is -1.96. The summed E-state index contributed by atoms with van der Waals surface area (Å²) in [5.41, 5.74) is 2.40. The molecule has 26 heavy (non-hydrogen) atoms. The van der Waals surface area contributed by atoms with Crippen molar-refractivity contribution in [3.05, 3.63) is 40.8 Å². The molecule has 0 aliphatic carbocycles. The SMILES string of the molecule is COC(=O)c1c(NC(=S)NCCCN(C)C)sc(C)c1-c1ccccc1. The first-order chi connectivity index (χ1) is 12.4. The summed E-state index contributed by atoms with van der Waals surface area (Å²) < 4.78 is 5.02. The molecule has 0 amide bonds. The second kappa shape index (κ2) is 9.66. The van der Waals surface area contributed by atoms with Gasteiger partial charge in [-0.1, -0.05) is 30.3 Å². The minimum absolute atomic E-state index is 0.369. The molecule has 2 rings (SSSR count). The van der Waals surface area contributed by atoms with Crippen molar-refractivity contribution in [2.75, 3.05) is 39.6 Å². The first kappa shape index (κ1) is 20.4. The molecular formula is C19H25N3O2S2. The van der Waals surface area contributed by atoms with Gasteiger partial charge in [-0.2, -0.15) is 0 Å². The Morgan fingerprint density at radius 2 is 1.96 bits per heavy atom. The van der Waals surface area contributed by atoms with Gasteiger partial charge in [-0.25, -0.2) is 4.79 Å². The highest BCUT2D eigenvalue weighted by molar-refractivity contribution is 7.80. The summed E-state index contributed by atoms with van der Waals surface area (Å²) in [5, 5.41) is 7.57. The van der Waals surface area contributed by atoms with Gasteiger partial charge >= 0.3 is 5.97 Å². The van der Waals surface area contributed by atoms with E-state index in [2.05, 4.69) is 15.5 Å². The average Bonchev–Trinajstić information content (AvgIpc) is 2.94. The maximum absolute atomic E-state index is 12.4. The molecule has 7 heteroatoms. The van der Waals surface area contributed by atoms with E-state index >= 15 is 0 Å². The topological polar surface area (TPSA) is 53.6 Å². The highest BCUT2D eigenvalue weighted by atomic mass is 32.1. The fraction of sp³-hybridized carbons (Fsp3) is 0.368. The summed E-state index contributed by atoms with van der Waals surface area (Å²) in [7, 11) is 5.48. The van der Waals surface area contributed by atoms with Crippen molar-refractivity contribution >= 4 is 39.6 Å². The molecule has 0 fully saturated rings. The Morgan fingerprint density at radius 1 is 1.27 bits per heavy atom. The zero-order valence-electron chi connectivity index (χ0n) is 15.6. The van der Waals surface area contributed by atoms with Gasteiger partial charge < -0.3 is 20.3 Å². The number of methoxy groups -OCH3 is 1. The molecule has 0 radical (unpaired) electrons. The number of thiophene rings is 1. The second-order valence-electron chi connectivity index (χ2n) is 6.13. The van der Waals surface area contributed by atoms with Crippen molar-refractivity contribution in [2.24, 2.45) is 0 Å². The van der Waals surface area contributed by atoms with Gasteiger partial charge in [0, 0.05) is 17.0 Å². The Labute approximate surface area is 164 Å². The number of hydrogen-bond acceptors (Lipinski definition) is 5. The normalized spacial score (nSPS) is 10.7. The molecule has 2 N–H and O–H groups in total. The van der Waals surface area contributed by atoms with Crippen LogP contribution in [0, 0.1) is 6.92 Å². The molecule has 1 aromatic carbocycles. The highest BCUT2D eigenvalue weighted by Gasteiger charge is 2.24. The van der Waals surface area contributed by atoms with Crippen molar-refractivity contribution in [3.63, 3.8) is 0 Å². The lowest BCUT2D eigenvalue weighted by Gasteiger charge is -2.13. The minimum atomic E-state index is -0.369. The van der Waals surface area contributed by atoms with Gasteiger partial charge in [0.2, 0.25) is 0 Å². The lowest BCUT2D eigenvalue weighted by atomic mass is 10.0. The first-order valence-electron chi connectivity index (χ1n) is 8.40. The molecule has 1 heterocycles. The number of aryl methyl sites for hydroxylation is 1. The van der Waals surface area contributed by atoms with Crippen LogP contribution >= 0.6 is 23.6 Å². The van der Waals surface area contributed by atoms with Crippen molar-refractivity contribution in [1.29, 1.82) is 0 Å². The summed E-state index contributed by atoms with van der Waals surface area (Å²) in [6.45, 7) is 3.75. The molecule has 0 unspecified atom stereocenters. The summed E-state index contributed by atoms with van der Waals surface area (Å²) in [6, 6.07) is 9.84. The monoisotopic (exact) mass is 391 g/mol. The van der Waals surface area contributed by atoms with Crippen LogP contribution in [-0.2, 0) is 4.74 Å². The third-order valence-electron chi connectivity index (χ3n) is 3.83. The Balaban J connectivity index is 2.21. The number of thiocarbonyl (C=S) groups is 1. The standard InChI is InChI=1S/C19H25N3O2S2/c1-13-15(14-9-6-5-7-10-14)16(18(23)24-4)17(26-13)21-19(25)20-11-8-12-22(2)3/h5-7,9-10H,8,11-12H2,1-4H3,(H2,20,21,25). The number of hydrogen-bond donors (Lipinski definition) is 2. The van der Waals surface area contributed by atoms with Gasteiger partial charge in [-0.15, -0.1) is 11.3 Å². The Kier molecular flexibility index (Phi) is 7.56. The molecule has 0 bridgehead atoms. The summed E-state index contributed by atoms with van der Waals surface area (Å²) in [4.78, 5) is 15.6. The van der Waals surface area contributed by atoms with E-state index in [4.69, 9.17) is 17.0 Å². The Bertz CT molecular complexity index is 758. The van der Waals surface area contributed by atoms with E-state index in [1.54, 1.807) is 0 Å². The number of carbonyl (C=O) groups is 1. The van der Waals surface area contributed by atoms with Crippen LogP contribution in [0.15, 0.2) is 30.3 Å². The fourth-order valence-corrected chi connectivity index (χ4v) is 3.96. The number of benzene rings is 1. The molecule has 1 aromatic heterocycles. The van der Waals surface area contributed by atoms with Crippen LogP contribution < -0.4 is 10.6 Å². The maximum Gasteiger partial charge on any atom is 0.341 e. The predicted molar refractivity (Wildman–Crippen MR) is 113 cm³/mol. The molecule has 0 saturated heterocycles. The van der Waals surface area contributed by atoms with Gasteiger partial charge in [0.15, 0.2) is 5.11 Å². The Morgan fingerprint density at radius 3 is 2.58 bits per heavy atom. The largest absolute Gasteiger partial charge is 0.465 e. The van der Waals surface area contributed by atoms with Crippen molar-refractivity contribution in [1.82, 2.24) is 10.2 Å². The van der Waals surface area contributed by atoms with E-state index in [9.17, 15) is 4.79 Å². The van der Waals surface area contributed by atoms with Crippen LogP contribution in [0.2, 0.25) is 0 Å². The number of nitrogens with one attached hydrogen (secondary N) is 2. The number of ether oxygens (including phenoxy) is 1. The van der Waals surface area contributed by atoms with E-state index in [1.165, 1.54) is 18.4 Å². The van der Waals surface area contributed by atoms with Crippen LogP contribution in [0.25, 0.3) is 11.1 Å². The van der Waals surface area contributed by atoms with Gasteiger partial charge in [-0.3, -0.25) is 0 Å². The number of esters is 1. The molecule has 140 valence electrons. The zero-order chi connectivity index (χ0) is 19.1. The number of rotatable bonds is 7. The maximum atomic E-state index is 12.4.